The second kappa shape index (κ2) is 82.8. The van der Waals surface area contributed by atoms with Crippen molar-refractivity contribution in [2.75, 3.05) is 37.0 Å². The molecule has 0 unspecified atom stereocenters. The molecule has 0 aliphatic carbocycles. The summed E-state index contributed by atoms with van der Waals surface area (Å²) in [6.45, 7) is 14.1. The number of halogens is 3. The Morgan fingerprint density at radius 2 is 0.277 bits per heavy atom. The van der Waals surface area contributed by atoms with Gasteiger partial charge in [0.1, 0.15) is 0 Å². The average Bonchev–Trinajstić information content (AvgIpc) is 0.812. The maximum Gasteiger partial charge on any atom is 0.485 e. The summed E-state index contributed by atoms with van der Waals surface area (Å²) < 4.78 is 66.0. The molecule has 610 valence electrons. The quantitative estimate of drug-likeness (QED) is 0.0200. The molecule has 0 aliphatic heterocycles. The second-order valence-electron chi connectivity index (χ2n) is 33.0. The Kier molecular flexibility index (Phi) is 84.7. The second-order valence-corrected chi connectivity index (χ2v) is 42.1. The molecule has 0 atom stereocenters. The van der Waals surface area contributed by atoms with E-state index in [9.17, 15) is 13.2 Å². The van der Waals surface area contributed by atoms with E-state index in [0.717, 1.165) is 0 Å². The summed E-state index contributed by atoms with van der Waals surface area (Å²) in [5.41, 5.74) is -5.65. The van der Waals surface area contributed by atoms with Crippen molar-refractivity contribution in [3.63, 3.8) is 0 Å². The van der Waals surface area contributed by atoms with Crippen LogP contribution in [0.3, 0.4) is 0 Å². The van der Waals surface area contributed by atoms with Gasteiger partial charge in [-0.15, -0.1) is 0 Å². The maximum absolute atomic E-state index is 10.7. The van der Waals surface area contributed by atoms with Crippen molar-refractivity contribution in [3.8, 4) is 0 Å². The molecule has 0 fully saturated rings. The van der Waals surface area contributed by atoms with Crippen molar-refractivity contribution >= 4 is 24.2 Å². The van der Waals surface area contributed by atoms with Crippen LogP contribution in [-0.4, -0.2) is 55.5 Å². The number of unbranched alkanes of at least 4 members (excludes halogenated alkanes) is 72. The number of alkyl halides is 3. The van der Waals surface area contributed by atoms with Gasteiger partial charge in [0.2, 0.25) is 14.1 Å². The first-order chi connectivity index (χ1) is 49.3. The predicted octanol–water partition coefficient (Wildman–Crippen LogP) is 35.1. The van der Waals surface area contributed by atoms with Crippen LogP contribution in [0.2, 0.25) is 0 Å². The number of rotatable bonds is 84. The van der Waals surface area contributed by atoms with E-state index in [1.165, 1.54) is 501 Å². The van der Waals surface area contributed by atoms with Gasteiger partial charge in [-0.05, 0) is 38.5 Å². The number of hydrogen-bond acceptors (Lipinski definition) is 3. The van der Waals surface area contributed by atoms with E-state index < -0.39 is 29.7 Å². The molecule has 0 rings (SSSR count). The zero-order valence-electron chi connectivity index (χ0n) is 70.0. The van der Waals surface area contributed by atoms with Crippen molar-refractivity contribution in [3.05, 3.63) is 0 Å². The van der Waals surface area contributed by atoms with Gasteiger partial charge in [0.25, 0.3) is 0 Å². The van der Waals surface area contributed by atoms with Crippen LogP contribution in [0.15, 0.2) is 0 Å². The lowest BCUT2D eigenvalue weighted by Gasteiger charge is -2.20. The van der Waals surface area contributed by atoms with Gasteiger partial charge in [-0.2, -0.15) is 17.3 Å². The third-order valence-corrected chi connectivity index (χ3v) is 33.2. The topological polar surface area (TPSA) is 71.3 Å². The summed E-state index contributed by atoms with van der Waals surface area (Å²) in [4.78, 5) is 0. The number of hydrogen-bond donors (Lipinski definition) is 0. The first-order valence-corrected chi connectivity index (χ1v) is 52.8. The van der Waals surface area contributed by atoms with Crippen LogP contribution in [0.1, 0.15) is 542 Å². The molecule has 0 amide bonds. The van der Waals surface area contributed by atoms with Crippen LogP contribution in [0, 0.1) is 0 Å². The predicted molar refractivity (Wildman–Crippen MR) is 455 cm³/mol. The Morgan fingerprint density at radius 3 is 0.356 bits per heavy atom. The smallest absolute Gasteiger partial charge is 0.485 e. The summed E-state index contributed by atoms with van der Waals surface area (Å²) in [7, 11) is -8.99. The Hall–Kier alpha value is 0.270. The summed E-state index contributed by atoms with van der Waals surface area (Å²) in [5.74, 6) is 0. The van der Waals surface area contributed by atoms with Crippen LogP contribution >= 0.6 is 14.1 Å². The van der Waals surface area contributed by atoms with E-state index in [-0.39, 0.29) is 0 Å². The zero-order chi connectivity index (χ0) is 74.1. The highest BCUT2D eigenvalue weighted by Gasteiger charge is 2.37. The van der Waals surface area contributed by atoms with Gasteiger partial charge in [-0.1, -0.05) is 504 Å². The Balaban J connectivity index is 0. The van der Waals surface area contributed by atoms with Crippen molar-refractivity contribution in [1.29, 1.82) is 0 Å². The molecule has 0 aliphatic rings. The van der Waals surface area contributed by atoms with E-state index in [1.54, 1.807) is 37.0 Å². The Labute approximate surface area is 635 Å². The third-order valence-electron chi connectivity index (χ3n) is 22.7. The van der Waals surface area contributed by atoms with Crippen molar-refractivity contribution in [2.45, 2.75) is 548 Å². The lowest BCUT2D eigenvalue weighted by molar-refractivity contribution is -0.0517. The molecule has 0 saturated carbocycles. The molecule has 10 heteroatoms. The molecular formula is C91H186F3NO3P2S. The van der Waals surface area contributed by atoms with E-state index in [2.05, 4.69) is 41.5 Å². The maximum atomic E-state index is 10.7. The molecule has 4 nitrogen and oxygen atoms in total. The van der Waals surface area contributed by atoms with Gasteiger partial charge in [-0.3, -0.25) is 0 Å². The van der Waals surface area contributed by atoms with Gasteiger partial charge in [0, 0.05) is 37.0 Å². The van der Waals surface area contributed by atoms with Crippen LogP contribution in [-0.2, 0) is 10.1 Å². The normalized spacial score (nSPS) is 12.3. The molecule has 0 heterocycles. The van der Waals surface area contributed by atoms with Crippen LogP contribution in [0.4, 0.5) is 13.2 Å². The SMILES string of the molecule is CCCCCCCCCCCCCCCP(CCCCCCCCCCCCCCC)(CCCCCCCCCCCCCCC)=[N+]=P(CCCCCCCCCCCCCCC)(CCCCCCCCCCCCCCC)CCCCCCCCCCCCCCC.O=S(=O)([O-])C(F)(F)F. The minimum atomic E-state index is -6.09. The molecule has 0 saturated heterocycles. The largest absolute Gasteiger partial charge is 0.741 e. The standard InChI is InChI=1S/C90H186NP2.CHF3O3S/c1-7-13-19-25-31-37-43-49-55-61-67-73-79-85-92(86-80-74-68-62-56-50-44-38-32-26-20-14-8-2,87-81-75-69-63-57-51-45-39-33-27-21-15-9-3)91-93(88-82-76-70-64-58-52-46-40-34-28-22-16-10-4,89-83-77-71-65-59-53-47-41-35-29-23-17-11-5)90-84-78-72-66-60-54-48-42-36-30-24-18-12-6;2-1(3,4)8(5,6)7/h7-90H2,1-6H3;(H,5,6,7)/q+1;/p-1. The summed E-state index contributed by atoms with van der Waals surface area (Å²) in [6.07, 6.45) is 124. The van der Waals surface area contributed by atoms with Crippen molar-refractivity contribution < 1.29 is 26.1 Å². The summed E-state index contributed by atoms with van der Waals surface area (Å²) >= 11 is 0. The molecular weight excluding hydrogens is 1310 g/mol. The fourth-order valence-electron chi connectivity index (χ4n) is 15.9. The van der Waals surface area contributed by atoms with E-state index in [1.807, 2.05) is 0 Å². The van der Waals surface area contributed by atoms with Gasteiger partial charge >= 0.3 is 5.51 Å². The van der Waals surface area contributed by atoms with Gasteiger partial charge < -0.3 is 4.55 Å². The van der Waals surface area contributed by atoms with Crippen molar-refractivity contribution in [2.24, 2.45) is 0 Å². The molecule has 0 bridgehead atoms. The lowest BCUT2D eigenvalue weighted by Crippen LogP contribution is -2.21. The van der Waals surface area contributed by atoms with Crippen LogP contribution < -0.4 is 4.17 Å². The highest BCUT2D eigenvalue weighted by molar-refractivity contribution is 7.86. The molecule has 0 spiro atoms. The first-order valence-electron chi connectivity index (χ1n) is 46.8. The van der Waals surface area contributed by atoms with Gasteiger partial charge in [0.05, 0.1) is 0 Å². The van der Waals surface area contributed by atoms with E-state index >= 15 is 0 Å². The molecule has 0 N–H and O–H groups in total. The molecule has 101 heavy (non-hydrogen) atoms. The highest BCUT2D eigenvalue weighted by Crippen LogP contribution is 2.56. The minimum absolute atomic E-state index is 1.37. The van der Waals surface area contributed by atoms with Crippen LogP contribution in [0.5, 0.6) is 0 Å². The first kappa shape index (κ1) is 103. The third kappa shape index (κ3) is 78.2. The molecule has 0 aromatic carbocycles. The van der Waals surface area contributed by atoms with Gasteiger partial charge in [-0.25, -0.2) is 8.42 Å². The zero-order valence-corrected chi connectivity index (χ0v) is 72.6. The molecule has 0 radical (unpaired) electrons. The van der Waals surface area contributed by atoms with E-state index in [0.29, 0.717) is 0 Å². The average molecular weight is 1490 g/mol. The fourth-order valence-corrected chi connectivity index (χ4v) is 27.5. The Morgan fingerprint density at radius 1 is 0.198 bits per heavy atom. The minimum Gasteiger partial charge on any atom is -0.741 e. The highest BCUT2D eigenvalue weighted by atomic mass is 32.2. The lowest BCUT2D eigenvalue weighted by atomic mass is 10.0. The monoisotopic (exact) mass is 1490 g/mol. The molecule has 0 aromatic rings. The summed E-state index contributed by atoms with van der Waals surface area (Å²) in [5, 5.41) is 0. The molecule has 0 aromatic heterocycles. The van der Waals surface area contributed by atoms with Gasteiger partial charge in [0.15, 0.2) is 10.1 Å². The van der Waals surface area contributed by atoms with Crippen molar-refractivity contribution in [1.82, 2.24) is 4.17 Å². The number of nitrogens with zero attached hydrogens (tertiary/aromatic N) is 1. The van der Waals surface area contributed by atoms with Crippen LogP contribution in [0.25, 0.3) is 0 Å². The summed E-state index contributed by atoms with van der Waals surface area (Å²) in [6, 6.07) is 0. The fraction of sp³-hybridized carbons (Fsp3) is 1.00. The Bertz CT molecular complexity index is 1560. The van der Waals surface area contributed by atoms with E-state index in [4.69, 9.17) is 17.1 Å².